The van der Waals surface area contributed by atoms with Gasteiger partial charge in [-0.05, 0) is 32.4 Å². The van der Waals surface area contributed by atoms with Gasteiger partial charge in [0, 0.05) is 23.9 Å². The Bertz CT molecular complexity index is 818. The molecule has 0 saturated carbocycles. The van der Waals surface area contributed by atoms with E-state index in [0.717, 1.165) is 43.1 Å². The summed E-state index contributed by atoms with van der Waals surface area (Å²) in [5.41, 5.74) is 4.22. The van der Waals surface area contributed by atoms with Gasteiger partial charge in [0.15, 0.2) is 0 Å². The van der Waals surface area contributed by atoms with Crippen molar-refractivity contribution in [1.82, 2.24) is 9.47 Å². The number of piperazine rings is 1. The zero-order chi connectivity index (χ0) is 19.6. The molecule has 1 atom stereocenters. The van der Waals surface area contributed by atoms with Crippen LogP contribution in [0.25, 0.3) is 0 Å². The number of rotatable bonds is 5. The highest BCUT2D eigenvalue weighted by Crippen LogP contribution is 2.25. The first-order valence-corrected chi connectivity index (χ1v) is 9.74. The molecule has 144 valence electrons. The summed E-state index contributed by atoms with van der Waals surface area (Å²) in [4.78, 5) is 27.5. The molecule has 5 nitrogen and oxygen atoms in total. The number of hydrogen-bond donors (Lipinski definition) is 1. The number of aryl methyl sites for hydroxylation is 1. The summed E-state index contributed by atoms with van der Waals surface area (Å²) < 4.78 is 2.26. The fourth-order valence-electron chi connectivity index (χ4n) is 4.17. The first-order chi connectivity index (χ1) is 12.9. The number of quaternary nitrogens is 1. The Morgan fingerprint density at radius 2 is 1.74 bits per heavy atom. The molecule has 1 amide bonds. The van der Waals surface area contributed by atoms with Gasteiger partial charge in [-0.25, -0.2) is 0 Å². The molecule has 0 spiro atoms. The van der Waals surface area contributed by atoms with Crippen LogP contribution in [0.15, 0.2) is 36.4 Å². The lowest BCUT2D eigenvalue weighted by atomic mass is 10.1. The summed E-state index contributed by atoms with van der Waals surface area (Å²) in [7, 11) is 0. The predicted octanol–water partition coefficient (Wildman–Crippen LogP) is 1.64. The molecule has 0 aliphatic carbocycles. The summed E-state index contributed by atoms with van der Waals surface area (Å²) in [6, 6.07) is 12.6. The molecule has 0 bridgehead atoms. The van der Waals surface area contributed by atoms with Gasteiger partial charge < -0.3 is 14.4 Å². The maximum Gasteiger partial charge on any atom is 0.219 e. The fourth-order valence-corrected chi connectivity index (χ4v) is 4.17. The van der Waals surface area contributed by atoms with Crippen molar-refractivity contribution in [2.75, 3.05) is 32.7 Å². The summed E-state index contributed by atoms with van der Waals surface area (Å²) in [6.07, 6.45) is 0. The van der Waals surface area contributed by atoms with Gasteiger partial charge in [-0.15, -0.1) is 0 Å². The number of amides is 1. The highest BCUT2D eigenvalue weighted by atomic mass is 16.2. The van der Waals surface area contributed by atoms with E-state index in [1.54, 1.807) is 6.92 Å². The van der Waals surface area contributed by atoms with Crippen molar-refractivity contribution in [2.24, 2.45) is 0 Å². The van der Waals surface area contributed by atoms with Gasteiger partial charge in [-0.2, -0.15) is 0 Å². The Morgan fingerprint density at radius 1 is 1.11 bits per heavy atom. The Hall–Kier alpha value is -2.40. The number of Topliss-reactive ketones (excluding diaryl/α,β-unsaturated/α-hetero) is 1. The number of carbonyl (C=O) groups excluding carboxylic acids is 2. The number of nitrogens with zero attached hydrogens (tertiary/aromatic N) is 2. The monoisotopic (exact) mass is 368 g/mol. The Morgan fingerprint density at radius 3 is 2.33 bits per heavy atom. The molecule has 0 unspecified atom stereocenters. The minimum absolute atomic E-state index is 0.124. The molecule has 0 radical (unpaired) electrons. The Kier molecular flexibility index (Phi) is 5.80. The third-order valence-corrected chi connectivity index (χ3v) is 5.78. The van der Waals surface area contributed by atoms with Gasteiger partial charge in [0.25, 0.3) is 0 Å². The number of nitrogens with one attached hydrogen (secondary N) is 1. The summed E-state index contributed by atoms with van der Waals surface area (Å²) in [5.74, 6) is 0.319. The zero-order valence-corrected chi connectivity index (χ0v) is 16.8. The van der Waals surface area contributed by atoms with E-state index < -0.39 is 0 Å². The summed E-state index contributed by atoms with van der Waals surface area (Å²) >= 11 is 0. The van der Waals surface area contributed by atoms with E-state index in [1.807, 2.05) is 24.0 Å². The lowest BCUT2D eigenvalue weighted by Gasteiger charge is -2.31. The molecule has 1 aliphatic rings. The van der Waals surface area contributed by atoms with Crippen LogP contribution in [0.1, 0.15) is 47.2 Å². The first kappa shape index (κ1) is 19.4. The lowest BCUT2D eigenvalue weighted by molar-refractivity contribution is -0.895. The fraction of sp³-hybridized carbons (Fsp3) is 0.455. The molecular formula is C22H30N3O2+. The highest BCUT2D eigenvalue weighted by molar-refractivity contribution is 5.98. The zero-order valence-electron chi connectivity index (χ0n) is 16.8. The van der Waals surface area contributed by atoms with Gasteiger partial charge in [-0.1, -0.05) is 30.3 Å². The van der Waals surface area contributed by atoms with E-state index >= 15 is 0 Å². The molecule has 1 aromatic carbocycles. The van der Waals surface area contributed by atoms with Crippen LogP contribution in [0.4, 0.5) is 0 Å². The van der Waals surface area contributed by atoms with Gasteiger partial charge >= 0.3 is 0 Å². The van der Waals surface area contributed by atoms with E-state index in [9.17, 15) is 9.59 Å². The summed E-state index contributed by atoms with van der Waals surface area (Å²) in [5, 5.41) is 0. The number of benzene rings is 1. The number of aromatic nitrogens is 1. The van der Waals surface area contributed by atoms with Crippen molar-refractivity contribution in [3.05, 3.63) is 58.9 Å². The van der Waals surface area contributed by atoms with Crippen LogP contribution >= 0.6 is 0 Å². The lowest BCUT2D eigenvalue weighted by Crippen LogP contribution is -3.15. The average molecular weight is 369 g/mol. The molecule has 2 heterocycles. The van der Waals surface area contributed by atoms with Crippen LogP contribution in [0.2, 0.25) is 0 Å². The quantitative estimate of drug-likeness (QED) is 0.816. The van der Waals surface area contributed by atoms with Gasteiger partial charge in [-0.3, -0.25) is 9.59 Å². The average Bonchev–Trinajstić information content (AvgIpc) is 2.96. The van der Waals surface area contributed by atoms with Crippen LogP contribution in [0, 0.1) is 13.8 Å². The maximum absolute atomic E-state index is 13.0. The van der Waals surface area contributed by atoms with Crippen molar-refractivity contribution in [3.8, 4) is 0 Å². The molecular weight excluding hydrogens is 338 g/mol. The molecule has 2 aromatic rings. The molecule has 1 aromatic heterocycles. The van der Waals surface area contributed by atoms with E-state index in [-0.39, 0.29) is 17.7 Å². The van der Waals surface area contributed by atoms with Crippen LogP contribution in [0.5, 0.6) is 0 Å². The van der Waals surface area contributed by atoms with Crippen LogP contribution in [-0.4, -0.2) is 53.9 Å². The standard InChI is InChI=1S/C22H29N3O2/c1-16-14-21(18(3)25(16)17(2)20-8-6-5-7-9-20)22(27)15-23-10-12-24(13-11-23)19(4)26/h5-9,14,17H,10-13,15H2,1-4H3/p+1/t17-/m1/s1. The maximum atomic E-state index is 13.0. The van der Waals surface area contributed by atoms with Crippen molar-refractivity contribution in [2.45, 2.75) is 33.7 Å². The van der Waals surface area contributed by atoms with Gasteiger partial charge in [0.2, 0.25) is 11.7 Å². The second kappa shape index (κ2) is 8.09. The topological polar surface area (TPSA) is 46.8 Å². The minimum Gasteiger partial charge on any atom is -0.341 e. The SMILES string of the molecule is CC(=O)N1CC[NH+](CC(=O)c2cc(C)n([C@H](C)c3ccccc3)c2C)CC1. The molecule has 1 fully saturated rings. The second-order valence-electron chi connectivity index (χ2n) is 7.60. The van der Waals surface area contributed by atoms with Crippen LogP contribution < -0.4 is 4.90 Å². The number of ketones is 1. The van der Waals surface area contributed by atoms with Crippen LogP contribution in [-0.2, 0) is 4.79 Å². The van der Waals surface area contributed by atoms with Crippen molar-refractivity contribution < 1.29 is 14.5 Å². The number of hydrogen-bond acceptors (Lipinski definition) is 2. The molecule has 3 rings (SSSR count). The van der Waals surface area contributed by atoms with E-state index in [0.29, 0.717) is 6.54 Å². The van der Waals surface area contributed by atoms with Crippen molar-refractivity contribution in [1.29, 1.82) is 0 Å². The van der Waals surface area contributed by atoms with Gasteiger partial charge in [0.05, 0.1) is 32.2 Å². The third-order valence-electron chi connectivity index (χ3n) is 5.78. The highest BCUT2D eigenvalue weighted by Gasteiger charge is 2.26. The van der Waals surface area contributed by atoms with Crippen molar-refractivity contribution in [3.63, 3.8) is 0 Å². The molecule has 5 heteroatoms. The normalized spacial score (nSPS) is 16.4. The minimum atomic E-state index is 0.124. The first-order valence-electron chi connectivity index (χ1n) is 9.74. The largest absolute Gasteiger partial charge is 0.341 e. The van der Waals surface area contributed by atoms with E-state index in [2.05, 4.69) is 42.7 Å². The number of carbonyl (C=O) groups is 2. The third kappa shape index (κ3) is 4.14. The van der Waals surface area contributed by atoms with Crippen molar-refractivity contribution >= 4 is 11.7 Å². The Labute approximate surface area is 161 Å². The van der Waals surface area contributed by atoms with E-state index in [4.69, 9.17) is 0 Å². The Balaban J connectivity index is 1.72. The predicted molar refractivity (Wildman–Crippen MR) is 106 cm³/mol. The smallest absolute Gasteiger partial charge is 0.219 e. The van der Waals surface area contributed by atoms with E-state index in [1.165, 1.54) is 10.5 Å². The molecule has 27 heavy (non-hydrogen) atoms. The molecule has 1 N–H and O–H groups in total. The van der Waals surface area contributed by atoms with Crippen LogP contribution in [0.3, 0.4) is 0 Å². The molecule has 1 aliphatic heterocycles. The van der Waals surface area contributed by atoms with Gasteiger partial charge in [0.1, 0.15) is 6.54 Å². The second-order valence-corrected chi connectivity index (χ2v) is 7.60. The molecule has 1 saturated heterocycles. The summed E-state index contributed by atoms with van der Waals surface area (Å²) in [6.45, 7) is 11.5.